The van der Waals surface area contributed by atoms with Gasteiger partial charge in [0.1, 0.15) is 10.8 Å². The van der Waals surface area contributed by atoms with E-state index in [-0.39, 0.29) is 6.10 Å². The van der Waals surface area contributed by atoms with E-state index in [4.69, 9.17) is 27.9 Å². The Labute approximate surface area is 92.6 Å². The molecule has 78 valence electrons. The van der Waals surface area contributed by atoms with E-state index in [9.17, 15) is 4.79 Å². The fraction of sp³-hybridized carbons (Fsp3) is 0.444. The van der Waals surface area contributed by atoms with Gasteiger partial charge < -0.3 is 9.30 Å². The van der Waals surface area contributed by atoms with Crippen molar-refractivity contribution in [2.75, 3.05) is 0 Å². The van der Waals surface area contributed by atoms with Gasteiger partial charge in [-0.25, -0.2) is 4.79 Å². The van der Waals surface area contributed by atoms with Gasteiger partial charge in [-0.2, -0.15) is 0 Å². The van der Waals surface area contributed by atoms with Crippen molar-refractivity contribution in [3.05, 3.63) is 21.9 Å². The van der Waals surface area contributed by atoms with Gasteiger partial charge in [0.15, 0.2) is 0 Å². The number of carbonyl (C=O) groups is 1. The van der Waals surface area contributed by atoms with Gasteiger partial charge >= 0.3 is 5.97 Å². The van der Waals surface area contributed by atoms with Crippen LogP contribution in [-0.2, 0) is 11.8 Å². The summed E-state index contributed by atoms with van der Waals surface area (Å²) in [7, 11) is 1.66. The zero-order valence-electron chi connectivity index (χ0n) is 8.17. The van der Waals surface area contributed by atoms with Crippen LogP contribution in [0.2, 0.25) is 10.2 Å². The zero-order chi connectivity index (χ0) is 10.9. The minimum Gasteiger partial charge on any atom is -0.458 e. The first-order chi connectivity index (χ1) is 6.43. The lowest BCUT2D eigenvalue weighted by molar-refractivity contribution is 0.0366. The second-order valence-corrected chi connectivity index (χ2v) is 3.95. The summed E-state index contributed by atoms with van der Waals surface area (Å²) in [5.74, 6) is -0.420. The Morgan fingerprint density at radius 1 is 1.50 bits per heavy atom. The topological polar surface area (TPSA) is 31.2 Å². The van der Waals surface area contributed by atoms with Crippen LogP contribution in [0.15, 0.2) is 6.07 Å². The van der Waals surface area contributed by atoms with E-state index < -0.39 is 5.97 Å². The Morgan fingerprint density at radius 2 is 2.07 bits per heavy atom. The highest BCUT2D eigenvalue weighted by molar-refractivity contribution is 6.41. The van der Waals surface area contributed by atoms with Gasteiger partial charge in [0, 0.05) is 7.05 Å². The van der Waals surface area contributed by atoms with Crippen LogP contribution < -0.4 is 0 Å². The van der Waals surface area contributed by atoms with Crippen LogP contribution in [0.1, 0.15) is 24.3 Å². The normalized spacial score (nSPS) is 10.7. The molecule has 5 heteroatoms. The summed E-state index contributed by atoms with van der Waals surface area (Å²) in [5.41, 5.74) is 0.355. The first-order valence-electron chi connectivity index (χ1n) is 4.15. The van der Waals surface area contributed by atoms with E-state index >= 15 is 0 Å². The van der Waals surface area contributed by atoms with E-state index in [2.05, 4.69) is 0 Å². The third kappa shape index (κ3) is 2.22. The number of rotatable bonds is 2. The summed E-state index contributed by atoms with van der Waals surface area (Å²) >= 11 is 11.6. The standard InChI is InChI=1S/C9H11Cl2NO2/c1-5(2)14-9(13)7-4-6(10)8(11)12(7)3/h4-5H,1-3H3. The molecule has 0 bridgehead atoms. The highest BCUT2D eigenvalue weighted by atomic mass is 35.5. The van der Waals surface area contributed by atoms with Crippen molar-refractivity contribution in [1.82, 2.24) is 4.57 Å². The van der Waals surface area contributed by atoms with E-state index in [0.717, 1.165) is 0 Å². The van der Waals surface area contributed by atoms with Gasteiger partial charge in [0.2, 0.25) is 0 Å². The van der Waals surface area contributed by atoms with Crippen molar-refractivity contribution in [2.24, 2.45) is 7.05 Å². The molecule has 0 N–H and O–H groups in total. The zero-order valence-corrected chi connectivity index (χ0v) is 9.69. The monoisotopic (exact) mass is 235 g/mol. The van der Waals surface area contributed by atoms with Gasteiger partial charge in [-0.3, -0.25) is 0 Å². The fourth-order valence-electron chi connectivity index (χ4n) is 1.01. The van der Waals surface area contributed by atoms with Crippen molar-refractivity contribution in [3.63, 3.8) is 0 Å². The molecule has 1 aromatic rings. The van der Waals surface area contributed by atoms with Crippen LogP contribution in [0.3, 0.4) is 0 Å². The third-order valence-corrected chi connectivity index (χ3v) is 2.51. The number of ether oxygens (including phenoxy) is 1. The predicted octanol–water partition coefficient (Wildman–Crippen LogP) is 2.90. The molecule has 0 spiro atoms. The Hall–Kier alpha value is -0.670. The molecule has 0 aliphatic heterocycles. The minimum absolute atomic E-state index is 0.157. The Balaban J connectivity index is 2.96. The molecule has 3 nitrogen and oxygen atoms in total. The molecule has 0 amide bonds. The van der Waals surface area contributed by atoms with Crippen molar-refractivity contribution < 1.29 is 9.53 Å². The first-order valence-corrected chi connectivity index (χ1v) is 4.90. The number of aromatic nitrogens is 1. The third-order valence-electron chi connectivity index (χ3n) is 1.67. The molecule has 0 saturated heterocycles. The minimum atomic E-state index is -0.420. The van der Waals surface area contributed by atoms with Crippen LogP contribution in [0.4, 0.5) is 0 Å². The van der Waals surface area contributed by atoms with Gasteiger partial charge in [0.25, 0.3) is 0 Å². The number of hydrogen-bond acceptors (Lipinski definition) is 2. The summed E-state index contributed by atoms with van der Waals surface area (Å²) < 4.78 is 6.50. The molecule has 1 rings (SSSR count). The van der Waals surface area contributed by atoms with Crippen molar-refractivity contribution >= 4 is 29.2 Å². The molecule has 0 atom stereocenters. The summed E-state index contributed by atoms with van der Waals surface area (Å²) in [6.07, 6.45) is -0.157. The molecule has 0 fully saturated rings. The molecule has 14 heavy (non-hydrogen) atoms. The summed E-state index contributed by atoms with van der Waals surface area (Å²) in [6.45, 7) is 3.56. The molecular formula is C9H11Cl2NO2. The largest absolute Gasteiger partial charge is 0.458 e. The molecule has 1 heterocycles. The molecule has 0 aliphatic carbocycles. The number of hydrogen-bond donors (Lipinski definition) is 0. The molecular weight excluding hydrogens is 225 g/mol. The molecule has 1 aromatic heterocycles. The van der Waals surface area contributed by atoms with Crippen molar-refractivity contribution in [1.29, 1.82) is 0 Å². The van der Waals surface area contributed by atoms with Crippen LogP contribution in [-0.4, -0.2) is 16.6 Å². The maximum absolute atomic E-state index is 11.5. The van der Waals surface area contributed by atoms with E-state index in [1.807, 2.05) is 0 Å². The molecule has 0 radical (unpaired) electrons. The van der Waals surface area contributed by atoms with Crippen LogP contribution in [0.25, 0.3) is 0 Å². The number of nitrogens with zero attached hydrogens (tertiary/aromatic N) is 1. The molecule has 0 unspecified atom stereocenters. The number of halogens is 2. The predicted molar refractivity (Wildman–Crippen MR) is 56.0 cm³/mol. The average Bonchev–Trinajstić information content (AvgIpc) is 2.32. The Kier molecular flexibility index (Phi) is 3.45. The van der Waals surface area contributed by atoms with Gasteiger partial charge in [-0.15, -0.1) is 0 Å². The highest BCUT2D eigenvalue weighted by Crippen LogP contribution is 2.25. The second kappa shape index (κ2) is 4.24. The summed E-state index contributed by atoms with van der Waals surface area (Å²) in [6, 6.07) is 1.49. The van der Waals surface area contributed by atoms with Crippen molar-refractivity contribution in [2.45, 2.75) is 20.0 Å². The fourth-order valence-corrected chi connectivity index (χ4v) is 1.39. The average molecular weight is 236 g/mol. The van der Waals surface area contributed by atoms with Gasteiger partial charge in [-0.1, -0.05) is 23.2 Å². The smallest absolute Gasteiger partial charge is 0.355 e. The second-order valence-electron chi connectivity index (χ2n) is 3.18. The van der Waals surface area contributed by atoms with Gasteiger partial charge in [-0.05, 0) is 19.9 Å². The first kappa shape index (κ1) is 11.4. The maximum Gasteiger partial charge on any atom is 0.355 e. The van der Waals surface area contributed by atoms with Gasteiger partial charge in [0.05, 0.1) is 11.1 Å². The maximum atomic E-state index is 11.5. The Bertz CT molecular complexity index is 358. The van der Waals surface area contributed by atoms with Crippen LogP contribution in [0, 0.1) is 0 Å². The van der Waals surface area contributed by atoms with Crippen molar-refractivity contribution in [3.8, 4) is 0 Å². The highest BCUT2D eigenvalue weighted by Gasteiger charge is 2.17. The molecule has 0 aromatic carbocycles. The number of esters is 1. The van der Waals surface area contributed by atoms with E-state index in [1.165, 1.54) is 10.6 Å². The molecule has 0 saturated carbocycles. The summed E-state index contributed by atoms with van der Waals surface area (Å²) in [5, 5.41) is 0.687. The molecule has 0 aliphatic rings. The van der Waals surface area contributed by atoms with Crippen LogP contribution in [0.5, 0.6) is 0 Å². The lowest BCUT2D eigenvalue weighted by Gasteiger charge is -2.08. The summed E-state index contributed by atoms with van der Waals surface area (Å²) in [4.78, 5) is 11.5. The lowest BCUT2D eigenvalue weighted by Crippen LogP contribution is -2.14. The quantitative estimate of drug-likeness (QED) is 0.739. The lowest BCUT2D eigenvalue weighted by atomic mass is 10.4. The Morgan fingerprint density at radius 3 is 2.43 bits per heavy atom. The van der Waals surface area contributed by atoms with Crippen LogP contribution >= 0.6 is 23.2 Å². The number of carbonyl (C=O) groups excluding carboxylic acids is 1. The van der Waals surface area contributed by atoms with E-state index in [0.29, 0.717) is 15.9 Å². The van der Waals surface area contributed by atoms with E-state index in [1.54, 1.807) is 20.9 Å². The SMILES string of the molecule is CC(C)OC(=O)c1cc(Cl)c(Cl)n1C.